The van der Waals surface area contributed by atoms with E-state index >= 15 is 0 Å². The molecule has 0 heterocycles. The molecule has 210 valence electrons. The Morgan fingerprint density at radius 3 is 2.43 bits per heavy atom. The number of hydrogen-bond donors (Lipinski definition) is 3. The number of allylic oxidation sites excluding steroid dienone is 1. The van der Waals surface area contributed by atoms with Gasteiger partial charge in [0.2, 0.25) is 0 Å². The molecular weight excluding hydrogens is 464 g/mol. The molecule has 0 aromatic rings. The van der Waals surface area contributed by atoms with Gasteiger partial charge in [0.05, 0.1) is 24.9 Å². The summed E-state index contributed by atoms with van der Waals surface area (Å²) < 4.78 is 5.85. The summed E-state index contributed by atoms with van der Waals surface area (Å²) >= 11 is 0. The van der Waals surface area contributed by atoms with Gasteiger partial charge in [-0.05, 0) is 91.3 Å². The maximum absolute atomic E-state index is 12.1. The Morgan fingerprint density at radius 1 is 1.08 bits per heavy atom. The van der Waals surface area contributed by atoms with Gasteiger partial charge < -0.3 is 20.1 Å². The molecule has 0 aromatic carbocycles. The van der Waals surface area contributed by atoms with Gasteiger partial charge in [-0.25, -0.2) is 0 Å². The summed E-state index contributed by atoms with van der Waals surface area (Å²) in [6.45, 7) is 16.0. The minimum Gasteiger partial charge on any atom is -0.465 e. The van der Waals surface area contributed by atoms with E-state index in [4.69, 9.17) is 4.74 Å². The van der Waals surface area contributed by atoms with Crippen molar-refractivity contribution in [3.63, 3.8) is 0 Å². The molecule has 0 aromatic heterocycles. The summed E-state index contributed by atoms with van der Waals surface area (Å²) in [6.07, 6.45) is 6.56. The smallest absolute Gasteiger partial charge is 0.302 e. The van der Waals surface area contributed by atoms with E-state index in [9.17, 15) is 20.1 Å². The van der Waals surface area contributed by atoms with E-state index in [0.717, 1.165) is 24.8 Å². The van der Waals surface area contributed by atoms with Crippen molar-refractivity contribution >= 4 is 5.97 Å². The summed E-state index contributed by atoms with van der Waals surface area (Å²) in [6, 6.07) is 0. The first kappa shape index (κ1) is 27.6. The highest BCUT2D eigenvalue weighted by molar-refractivity contribution is 5.66. The van der Waals surface area contributed by atoms with Crippen molar-refractivity contribution in [3.8, 4) is 0 Å². The van der Waals surface area contributed by atoms with Crippen molar-refractivity contribution < 1.29 is 24.9 Å². The molecule has 13 atom stereocenters. The monoisotopic (exact) mass is 516 g/mol. The lowest BCUT2D eigenvalue weighted by Gasteiger charge is -2.61. The molecule has 0 aliphatic heterocycles. The molecule has 5 aliphatic carbocycles. The Kier molecular flexibility index (Phi) is 6.98. The third kappa shape index (κ3) is 4.08. The quantitative estimate of drug-likeness (QED) is 0.327. The van der Waals surface area contributed by atoms with Crippen molar-refractivity contribution in [3.05, 3.63) is 11.6 Å². The molecule has 5 nitrogen and oxygen atoms in total. The lowest BCUT2D eigenvalue weighted by molar-refractivity contribution is -0.183. The fraction of sp³-hybridized carbons (Fsp3) is 0.906. The number of aliphatic hydroxyl groups is 3. The zero-order chi connectivity index (χ0) is 27.1. The molecular formula is C32H52O5. The van der Waals surface area contributed by atoms with Crippen LogP contribution in [0.2, 0.25) is 0 Å². The number of carbonyl (C=O) groups excluding carboxylic acids is 1. The Morgan fingerprint density at radius 2 is 1.78 bits per heavy atom. The molecule has 0 saturated heterocycles. The maximum Gasteiger partial charge on any atom is 0.302 e. The first-order valence-electron chi connectivity index (χ1n) is 15.1. The molecule has 0 radical (unpaired) electrons. The highest BCUT2D eigenvalue weighted by Gasteiger charge is 2.68. The van der Waals surface area contributed by atoms with Gasteiger partial charge in [0.1, 0.15) is 0 Å². The molecule has 37 heavy (non-hydrogen) atoms. The third-order valence-electron chi connectivity index (χ3n) is 13.1. The number of carbonyl (C=O) groups is 1. The second-order valence-corrected chi connectivity index (χ2v) is 14.8. The molecule has 0 amide bonds. The molecule has 4 fully saturated rings. The molecule has 5 aliphatic rings. The van der Waals surface area contributed by atoms with Gasteiger partial charge in [-0.3, -0.25) is 4.79 Å². The van der Waals surface area contributed by atoms with Crippen molar-refractivity contribution in [2.75, 3.05) is 6.61 Å². The van der Waals surface area contributed by atoms with E-state index < -0.39 is 23.7 Å². The maximum atomic E-state index is 12.1. The summed E-state index contributed by atoms with van der Waals surface area (Å²) in [7, 11) is 0. The van der Waals surface area contributed by atoms with Gasteiger partial charge in [-0.15, -0.1) is 0 Å². The SMILES string of the molecule is CC(=O)OCC12CC(O)C3C(CC=C4CC(O)CC(O)C43C)C1CCC2C(C)C1CC1(C)C(C)C(C)C. The first-order chi connectivity index (χ1) is 17.3. The normalized spacial score (nSPS) is 50.4. The van der Waals surface area contributed by atoms with Crippen molar-refractivity contribution in [1.29, 1.82) is 0 Å². The Hall–Kier alpha value is -0.910. The van der Waals surface area contributed by atoms with E-state index in [-0.39, 0.29) is 23.2 Å². The van der Waals surface area contributed by atoms with Gasteiger partial charge in [0.25, 0.3) is 0 Å². The van der Waals surface area contributed by atoms with Crippen LogP contribution in [0.1, 0.15) is 93.4 Å². The molecule has 13 unspecified atom stereocenters. The van der Waals surface area contributed by atoms with E-state index in [0.29, 0.717) is 66.8 Å². The van der Waals surface area contributed by atoms with Gasteiger partial charge in [0.15, 0.2) is 0 Å². The summed E-state index contributed by atoms with van der Waals surface area (Å²) in [4.78, 5) is 12.1. The summed E-state index contributed by atoms with van der Waals surface area (Å²) in [5, 5.41) is 33.6. The average molecular weight is 517 g/mol. The zero-order valence-electron chi connectivity index (χ0n) is 24.2. The number of fused-ring (bicyclic) bond motifs is 5. The lowest BCUT2D eigenvalue weighted by atomic mass is 9.45. The van der Waals surface area contributed by atoms with Crippen LogP contribution in [0.25, 0.3) is 0 Å². The minimum absolute atomic E-state index is 0.0216. The average Bonchev–Trinajstić information content (AvgIpc) is 3.37. The second kappa shape index (κ2) is 9.34. The van der Waals surface area contributed by atoms with Crippen LogP contribution in [0.15, 0.2) is 11.6 Å². The largest absolute Gasteiger partial charge is 0.465 e. The van der Waals surface area contributed by atoms with Gasteiger partial charge in [0, 0.05) is 24.2 Å². The summed E-state index contributed by atoms with van der Waals surface area (Å²) in [5.41, 5.74) is 0.788. The molecule has 0 spiro atoms. The van der Waals surface area contributed by atoms with Crippen LogP contribution in [0.5, 0.6) is 0 Å². The standard InChI is InChI=1S/C32H52O5/c1-17(2)19(4)30(6)14-26(30)18(3)24-10-11-25-23-9-8-21-12-22(34)13-28(36)31(21,7)29(23)27(35)15-32(24,25)16-37-20(5)33/h8,17-19,22-29,34-36H,9-16H2,1-7H3. The van der Waals surface area contributed by atoms with Crippen molar-refractivity contribution in [2.45, 2.75) is 112 Å². The third-order valence-corrected chi connectivity index (χ3v) is 13.1. The fourth-order valence-corrected chi connectivity index (χ4v) is 10.7. The second-order valence-electron chi connectivity index (χ2n) is 14.8. The number of aliphatic hydroxyl groups excluding tert-OH is 3. The first-order valence-corrected chi connectivity index (χ1v) is 15.1. The van der Waals surface area contributed by atoms with Gasteiger partial charge >= 0.3 is 5.97 Å². The highest BCUT2D eigenvalue weighted by Crippen LogP contribution is 2.71. The molecule has 3 N–H and O–H groups in total. The van der Waals surface area contributed by atoms with E-state index in [1.165, 1.54) is 13.3 Å². The van der Waals surface area contributed by atoms with Gasteiger partial charge in [-0.2, -0.15) is 0 Å². The lowest BCUT2D eigenvalue weighted by Crippen LogP contribution is -2.61. The van der Waals surface area contributed by atoms with Crippen LogP contribution in [0, 0.1) is 63.6 Å². The van der Waals surface area contributed by atoms with E-state index in [2.05, 4.69) is 47.6 Å². The predicted octanol–water partition coefficient (Wildman–Crippen LogP) is 5.37. The highest BCUT2D eigenvalue weighted by atomic mass is 16.5. The fourth-order valence-electron chi connectivity index (χ4n) is 10.7. The number of hydrogen-bond acceptors (Lipinski definition) is 5. The van der Waals surface area contributed by atoms with Crippen LogP contribution in [0.4, 0.5) is 0 Å². The van der Waals surface area contributed by atoms with E-state index in [1.54, 1.807) is 0 Å². The molecule has 0 bridgehead atoms. The number of rotatable bonds is 6. The van der Waals surface area contributed by atoms with Gasteiger partial charge in [-0.1, -0.05) is 53.2 Å². The zero-order valence-corrected chi connectivity index (χ0v) is 24.2. The number of ether oxygens (including phenoxy) is 1. The Balaban J connectivity index is 1.48. The van der Waals surface area contributed by atoms with Crippen LogP contribution in [-0.2, 0) is 9.53 Å². The van der Waals surface area contributed by atoms with Crippen LogP contribution in [-0.4, -0.2) is 46.2 Å². The van der Waals surface area contributed by atoms with Crippen LogP contribution in [0.3, 0.4) is 0 Å². The van der Waals surface area contributed by atoms with Crippen molar-refractivity contribution in [1.82, 2.24) is 0 Å². The molecule has 5 rings (SSSR count). The topological polar surface area (TPSA) is 87.0 Å². The Labute approximate surface area is 224 Å². The Bertz CT molecular complexity index is 928. The van der Waals surface area contributed by atoms with Crippen LogP contribution < -0.4 is 0 Å². The summed E-state index contributed by atoms with van der Waals surface area (Å²) in [5.74, 6) is 3.34. The van der Waals surface area contributed by atoms with Crippen molar-refractivity contribution in [2.24, 2.45) is 63.6 Å². The molecule has 4 saturated carbocycles. The predicted molar refractivity (Wildman–Crippen MR) is 144 cm³/mol. The minimum atomic E-state index is -0.647. The molecule has 5 heteroatoms. The van der Waals surface area contributed by atoms with E-state index in [1.807, 2.05) is 0 Å². The number of esters is 1. The van der Waals surface area contributed by atoms with Crippen LogP contribution >= 0.6 is 0 Å².